The first-order chi connectivity index (χ1) is 15.8. The molecule has 0 N–H and O–H groups in total. The molecule has 0 aliphatic heterocycles. The van der Waals surface area contributed by atoms with E-state index in [9.17, 15) is 4.39 Å². The topological polar surface area (TPSA) is 43.8 Å². The van der Waals surface area contributed by atoms with Crippen molar-refractivity contribution in [1.29, 1.82) is 0 Å². The average Bonchev–Trinajstić information content (AvgIpc) is 3.30. The van der Waals surface area contributed by atoms with Gasteiger partial charge in [0.25, 0.3) is 0 Å². The summed E-state index contributed by atoms with van der Waals surface area (Å²) < 4.78 is 20.4. The van der Waals surface area contributed by atoms with Gasteiger partial charge < -0.3 is 4.74 Å². The van der Waals surface area contributed by atoms with Crippen molar-refractivity contribution in [2.24, 2.45) is 0 Å². The predicted molar refractivity (Wildman–Crippen MR) is 119 cm³/mol. The van der Waals surface area contributed by atoms with Gasteiger partial charge in [-0.15, -0.1) is 0 Å². The van der Waals surface area contributed by atoms with Gasteiger partial charge in [0, 0.05) is 4.80 Å². The van der Waals surface area contributed by atoms with Crippen LogP contribution in [0, 0.1) is 5.82 Å². The molecule has 4 aromatic carbocycles. The molecule has 0 radical (unpaired) electrons. The number of benzene rings is 4. The number of ether oxygens (including phenoxy) is 1. The third-order valence-corrected chi connectivity index (χ3v) is 4.97. The molecule has 5 rings (SSSR count). The number of aromatic nitrogens is 4. The number of tetrazole rings is 1. The molecule has 0 spiro atoms. The molecule has 0 aliphatic rings. The van der Waals surface area contributed by atoms with E-state index < -0.39 is 0 Å². The van der Waals surface area contributed by atoms with Crippen LogP contribution in [-0.4, -0.2) is 15.0 Å². The lowest BCUT2D eigenvalue weighted by Gasteiger charge is -2.05. The first-order valence-corrected chi connectivity index (χ1v) is 10.2. The minimum absolute atomic E-state index is 0.318. The van der Waals surface area contributed by atoms with Crippen LogP contribution in [0.15, 0.2) is 109 Å². The lowest BCUT2D eigenvalue weighted by molar-refractivity contribution is -0.736. The Morgan fingerprint density at radius 1 is 0.750 bits per heavy atom. The summed E-state index contributed by atoms with van der Waals surface area (Å²) in [7, 11) is 0. The summed E-state index contributed by atoms with van der Waals surface area (Å²) in [6.07, 6.45) is 0. The summed E-state index contributed by atoms with van der Waals surface area (Å²) in [6.45, 7) is 0.494. The number of para-hydroxylation sites is 2. The summed E-state index contributed by atoms with van der Waals surface area (Å²) in [5.74, 6) is 0.854. The SMILES string of the molecule is Fc1ccccc1-[n+]1nc(-c2ccc(OCc3ccccc3)cc2)nn1-c1ccccc1. The van der Waals surface area contributed by atoms with Crippen LogP contribution in [0.5, 0.6) is 5.75 Å². The molecular weight excluding hydrogens is 403 g/mol. The van der Waals surface area contributed by atoms with Crippen molar-refractivity contribution in [3.8, 4) is 28.5 Å². The summed E-state index contributed by atoms with van der Waals surface area (Å²) in [5.41, 5.74) is 3.00. The minimum Gasteiger partial charge on any atom is -0.489 e. The Morgan fingerprint density at radius 2 is 1.41 bits per heavy atom. The quantitative estimate of drug-likeness (QED) is 0.364. The predicted octanol–water partition coefficient (Wildman–Crippen LogP) is 4.93. The van der Waals surface area contributed by atoms with Gasteiger partial charge in [-0.1, -0.05) is 60.7 Å². The molecule has 0 fully saturated rings. The van der Waals surface area contributed by atoms with E-state index in [1.165, 1.54) is 10.9 Å². The molecule has 0 bridgehead atoms. The van der Waals surface area contributed by atoms with Crippen molar-refractivity contribution in [2.75, 3.05) is 0 Å². The molecule has 0 atom stereocenters. The second-order valence-corrected chi connectivity index (χ2v) is 7.19. The fourth-order valence-electron chi connectivity index (χ4n) is 3.34. The van der Waals surface area contributed by atoms with Crippen molar-refractivity contribution < 1.29 is 13.9 Å². The second kappa shape index (κ2) is 8.81. The molecule has 0 saturated heterocycles. The van der Waals surface area contributed by atoms with Crippen LogP contribution in [0.1, 0.15) is 5.56 Å². The highest BCUT2D eigenvalue weighted by molar-refractivity contribution is 5.55. The monoisotopic (exact) mass is 423 g/mol. The Kier molecular flexibility index (Phi) is 5.41. The Labute approximate surface area is 184 Å². The Hall–Kier alpha value is -4.32. The van der Waals surface area contributed by atoms with Gasteiger partial charge in [-0.05, 0) is 64.0 Å². The van der Waals surface area contributed by atoms with Crippen LogP contribution in [0.2, 0.25) is 0 Å². The number of halogens is 1. The summed E-state index contributed by atoms with van der Waals surface area (Å²) in [6, 6.07) is 33.6. The fraction of sp³-hybridized carbons (Fsp3) is 0.0385. The smallest absolute Gasteiger partial charge is 0.340 e. The van der Waals surface area contributed by atoms with E-state index in [4.69, 9.17) is 4.74 Å². The van der Waals surface area contributed by atoms with Gasteiger partial charge in [0.1, 0.15) is 18.0 Å². The van der Waals surface area contributed by atoms with Crippen molar-refractivity contribution in [1.82, 2.24) is 15.0 Å². The van der Waals surface area contributed by atoms with Crippen LogP contribution in [-0.2, 0) is 6.61 Å². The van der Waals surface area contributed by atoms with Gasteiger partial charge in [0.2, 0.25) is 5.69 Å². The molecule has 5 aromatic rings. The van der Waals surface area contributed by atoms with E-state index in [2.05, 4.69) is 10.2 Å². The molecular formula is C26H20FN4O+. The van der Waals surface area contributed by atoms with Gasteiger partial charge in [-0.3, -0.25) is 0 Å². The number of hydrogen-bond donors (Lipinski definition) is 0. The van der Waals surface area contributed by atoms with E-state index in [1.807, 2.05) is 84.9 Å². The molecule has 5 nitrogen and oxygen atoms in total. The van der Waals surface area contributed by atoms with Gasteiger partial charge in [0.05, 0.1) is 10.7 Å². The zero-order valence-electron chi connectivity index (χ0n) is 17.2. The van der Waals surface area contributed by atoms with Crippen molar-refractivity contribution in [3.63, 3.8) is 0 Å². The van der Waals surface area contributed by atoms with Crippen molar-refractivity contribution in [3.05, 3.63) is 121 Å². The maximum atomic E-state index is 14.5. The number of nitrogens with zero attached hydrogens (tertiary/aromatic N) is 4. The van der Waals surface area contributed by atoms with Gasteiger partial charge >= 0.3 is 5.82 Å². The Balaban J connectivity index is 1.47. The molecule has 0 saturated carbocycles. The van der Waals surface area contributed by atoms with Crippen molar-refractivity contribution in [2.45, 2.75) is 6.61 Å². The average molecular weight is 423 g/mol. The summed E-state index contributed by atoms with van der Waals surface area (Å²) in [4.78, 5) is 3.06. The normalized spacial score (nSPS) is 10.8. The molecule has 0 amide bonds. The Morgan fingerprint density at radius 3 is 2.12 bits per heavy atom. The fourth-order valence-corrected chi connectivity index (χ4v) is 3.34. The maximum Gasteiger partial charge on any atom is 0.340 e. The first kappa shape index (κ1) is 19.6. The highest BCUT2D eigenvalue weighted by Crippen LogP contribution is 2.20. The third kappa shape index (κ3) is 4.11. The van der Waals surface area contributed by atoms with E-state index in [0.717, 1.165) is 22.6 Å². The number of rotatable bonds is 6. The molecule has 156 valence electrons. The highest BCUT2D eigenvalue weighted by atomic mass is 19.1. The zero-order valence-corrected chi connectivity index (χ0v) is 17.2. The van der Waals surface area contributed by atoms with Crippen LogP contribution in [0.25, 0.3) is 22.8 Å². The number of hydrogen-bond acceptors (Lipinski definition) is 3. The van der Waals surface area contributed by atoms with E-state index in [-0.39, 0.29) is 5.82 Å². The molecule has 0 unspecified atom stereocenters. The van der Waals surface area contributed by atoms with E-state index in [1.54, 1.807) is 23.0 Å². The molecule has 1 aromatic heterocycles. The van der Waals surface area contributed by atoms with Crippen LogP contribution < -0.4 is 9.53 Å². The maximum absolute atomic E-state index is 14.5. The summed E-state index contributed by atoms with van der Waals surface area (Å²) >= 11 is 0. The Bertz CT molecular complexity index is 1320. The van der Waals surface area contributed by atoms with E-state index >= 15 is 0 Å². The van der Waals surface area contributed by atoms with Gasteiger partial charge in [-0.25, -0.2) is 4.39 Å². The first-order valence-electron chi connectivity index (χ1n) is 10.2. The van der Waals surface area contributed by atoms with Gasteiger partial charge in [-0.2, -0.15) is 0 Å². The van der Waals surface area contributed by atoms with Gasteiger partial charge in [0.15, 0.2) is 5.82 Å². The van der Waals surface area contributed by atoms with Crippen LogP contribution in [0.3, 0.4) is 0 Å². The largest absolute Gasteiger partial charge is 0.489 e. The zero-order chi connectivity index (χ0) is 21.8. The lowest BCUT2D eigenvalue weighted by atomic mass is 10.2. The molecule has 1 heterocycles. The van der Waals surface area contributed by atoms with Crippen LogP contribution in [0.4, 0.5) is 4.39 Å². The standard InChI is InChI=1S/C26H20FN4O/c27-24-13-7-8-14-25(24)31-29-26(28-30(31)22-11-5-2-6-12-22)21-15-17-23(18-16-21)32-19-20-9-3-1-4-10-20/h1-18H,19H2/q+1. The van der Waals surface area contributed by atoms with Crippen molar-refractivity contribution >= 4 is 0 Å². The molecule has 6 heteroatoms. The summed E-state index contributed by atoms with van der Waals surface area (Å²) in [5, 5.41) is 9.25. The van der Waals surface area contributed by atoms with E-state index in [0.29, 0.717) is 18.1 Å². The third-order valence-electron chi connectivity index (χ3n) is 4.97. The highest BCUT2D eigenvalue weighted by Gasteiger charge is 2.25. The minimum atomic E-state index is -0.377. The molecule has 0 aliphatic carbocycles. The van der Waals surface area contributed by atoms with Crippen LogP contribution >= 0.6 is 0 Å². The molecule has 32 heavy (non-hydrogen) atoms. The second-order valence-electron chi connectivity index (χ2n) is 7.19. The lowest BCUT2D eigenvalue weighted by Crippen LogP contribution is -2.44.